The van der Waals surface area contributed by atoms with E-state index >= 15 is 0 Å². The number of anilines is 1. The smallest absolute Gasteiger partial charge is 0.300 e. The van der Waals surface area contributed by atoms with Crippen molar-refractivity contribution < 1.29 is 14.7 Å². The van der Waals surface area contributed by atoms with Crippen molar-refractivity contribution in [2.45, 2.75) is 39.2 Å². The van der Waals surface area contributed by atoms with E-state index in [0.29, 0.717) is 26.9 Å². The van der Waals surface area contributed by atoms with Gasteiger partial charge in [-0.25, -0.2) is 0 Å². The van der Waals surface area contributed by atoms with Crippen molar-refractivity contribution in [1.82, 2.24) is 0 Å². The van der Waals surface area contributed by atoms with Crippen LogP contribution in [-0.4, -0.2) is 16.8 Å². The van der Waals surface area contributed by atoms with Crippen molar-refractivity contribution in [3.63, 3.8) is 0 Å². The van der Waals surface area contributed by atoms with E-state index in [2.05, 4.69) is 20.8 Å². The van der Waals surface area contributed by atoms with Gasteiger partial charge in [0.25, 0.3) is 11.7 Å². The fraction of sp³-hybridized carbons (Fsp3) is 0.214. The first-order valence-electron chi connectivity index (χ1n) is 11.0. The molecule has 0 aromatic heterocycles. The maximum Gasteiger partial charge on any atom is 0.300 e. The molecule has 0 spiro atoms. The fourth-order valence-corrected chi connectivity index (χ4v) is 4.69. The van der Waals surface area contributed by atoms with Crippen LogP contribution in [0.1, 0.15) is 49.1 Å². The van der Waals surface area contributed by atoms with Gasteiger partial charge >= 0.3 is 0 Å². The fourth-order valence-electron chi connectivity index (χ4n) is 4.22. The lowest BCUT2D eigenvalue weighted by molar-refractivity contribution is -0.132. The number of ketones is 1. The Morgan fingerprint density at radius 2 is 1.54 bits per heavy atom. The van der Waals surface area contributed by atoms with Crippen LogP contribution >= 0.6 is 34.8 Å². The Balaban J connectivity index is 1.97. The Bertz CT molecular complexity index is 1370. The number of aliphatic hydroxyl groups excluding tert-OH is 1. The molecule has 1 fully saturated rings. The Morgan fingerprint density at radius 3 is 2.14 bits per heavy atom. The highest BCUT2D eigenvalue weighted by Crippen LogP contribution is 2.44. The molecule has 1 aliphatic heterocycles. The van der Waals surface area contributed by atoms with Gasteiger partial charge in [-0.1, -0.05) is 85.9 Å². The molecule has 1 heterocycles. The third-order valence-electron chi connectivity index (χ3n) is 6.23. The summed E-state index contributed by atoms with van der Waals surface area (Å²) in [6, 6.07) is 16.6. The average Bonchev–Trinajstić information content (AvgIpc) is 3.07. The molecule has 0 saturated carbocycles. The van der Waals surface area contributed by atoms with Gasteiger partial charge in [0.15, 0.2) is 0 Å². The number of benzene rings is 3. The molecule has 0 bridgehead atoms. The summed E-state index contributed by atoms with van der Waals surface area (Å²) in [7, 11) is 0. The van der Waals surface area contributed by atoms with Crippen molar-refractivity contribution in [3.8, 4) is 0 Å². The lowest BCUT2D eigenvalue weighted by Crippen LogP contribution is -2.30. The molecular weight excluding hydrogens is 505 g/mol. The lowest BCUT2D eigenvalue weighted by atomic mass is 9.85. The normalized spacial score (nSPS) is 17.8. The molecule has 3 aromatic carbocycles. The van der Waals surface area contributed by atoms with Crippen LogP contribution in [0.2, 0.25) is 15.1 Å². The van der Waals surface area contributed by atoms with Crippen molar-refractivity contribution >= 4 is 57.9 Å². The predicted octanol–water partition coefficient (Wildman–Crippen LogP) is 7.88. The highest BCUT2D eigenvalue weighted by Gasteiger charge is 2.47. The van der Waals surface area contributed by atoms with Crippen LogP contribution in [0.4, 0.5) is 5.69 Å². The predicted molar refractivity (Wildman–Crippen MR) is 143 cm³/mol. The third-order valence-corrected chi connectivity index (χ3v) is 7.38. The van der Waals surface area contributed by atoms with E-state index in [4.69, 9.17) is 34.8 Å². The van der Waals surface area contributed by atoms with Crippen LogP contribution in [0, 0.1) is 6.92 Å². The van der Waals surface area contributed by atoms with Crippen molar-refractivity contribution in [2.24, 2.45) is 0 Å². The Labute approximate surface area is 219 Å². The minimum absolute atomic E-state index is 0.0312. The Hall–Kier alpha value is -2.79. The van der Waals surface area contributed by atoms with E-state index in [9.17, 15) is 14.7 Å². The molecule has 35 heavy (non-hydrogen) atoms. The van der Waals surface area contributed by atoms with Crippen molar-refractivity contribution in [1.29, 1.82) is 0 Å². The highest BCUT2D eigenvalue weighted by molar-refractivity contribution is 6.52. The number of rotatable bonds is 3. The summed E-state index contributed by atoms with van der Waals surface area (Å²) in [5, 5.41) is 12.3. The van der Waals surface area contributed by atoms with Crippen LogP contribution in [0.3, 0.4) is 0 Å². The van der Waals surface area contributed by atoms with E-state index in [1.807, 2.05) is 24.3 Å². The van der Waals surface area contributed by atoms with E-state index < -0.39 is 17.7 Å². The molecule has 0 radical (unpaired) electrons. The first kappa shape index (κ1) is 25.3. The zero-order valence-corrected chi connectivity index (χ0v) is 22.0. The summed E-state index contributed by atoms with van der Waals surface area (Å²) in [5.41, 5.74) is 3.11. The van der Waals surface area contributed by atoms with Crippen LogP contribution in [0.15, 0.2) is 66.2 Å². The third kappa shape index (κ3) is 4.58. The summed E-state index contributed by atoms with van der Waals surface area (Å²) >= 11 is 18.6. The molecule has 1 aliphatic rings. The first-order valence-corrected chi connectivity index (χ1v) is 12.2. The van der Waals surface area contributed by atoms with Gasteiger partial charge in [0.1, 0.15) is 5.76 Å². The van der Waals surface area contributed by atoms with Gasteiger partial charge in [-0.3, -0.25) is 14.5 Å². The summed E-state index contributed by atoms with van der Waals surface area (Å²) in [6.45, 7) is 8.10. The Kier molecular flexibility index (Phi) is 6.76. The van der Waals surface area contributed by atoms with Gasteiger partial charge in [0, 0.05) is 16.3 Å². The summed E-state index contributed by atoms with van der Waals surface area (Å²) in [5.74, 6) is -1.87. The quantitative estimate of drug-likeness (QED) is 0.214. The van der Waals surface area contributed by atoms with E-state index in [1.165, 1.54) is 17.0 Å². The molecule has 180 valence electrons. The molecule has 1 saturated heterocycles. The second-order valence-corrected chi connectivity index (χ2v) is 10.8. The largest absolute Gasteiger partial charge is 0.507 e. The maximum absolute atomic E-state index is 13.4. The van der Waals surface area contributed by atoms with Crippen molar-refractivity contribution in [3.05, 3.63) is 104 Å². The van der Waals surface area contributed by atoms with Gasteiger partial charge < -0.3 is 5.11 Å². The monoisotopic (exact) mass is 527 g/mol. The Morgan fingerprint density at radius 1 is 0.886 bits per heavy atom. The highest BCUT2D eigenvalue weighted by atomic mass is 35.5. The molecule has 1 N–H and O–H groups in total. The summed E-state index contributed by atoms with van der Waals surface area (Å²) in [4.78, 5) is 28.1. The van der Waals surface area contributed by atoms with Crippen LogP contribution < -0.4 is 4.90 Å². The number of hydrogen-bond donors (Lipinski definition) is 1. The van der Waals surface area contributed by atoms with Gasteiger partial charge in [-0.2, -0.15) is 0 Å². The standard InChI is InChI=1S/C28H24Cl3NO3/c1-15-19(29)6-5-7-22(15)32-24(16-8-11-18(12-9-16)28(2,3)4)23(26(34)27(32)35)25(33)17-10-13-20(30)21(31)14-17/h5-14,24,33H,1-4H3/b25-23+. The van der Waals surface area contributed by atoms with Gasteiger partial charge in [-0.05, 0) is 59.4 Å². The van der Waals surface area contributed by atoms with E-state index in [0.717, 1.165) is 5.56 Å². The van der Waals surface area contributed by atoms with Crippen LogP contribution in [-0.2, 0) is 15.0 Å². The number of amides is 1. The van der Waals surface area contributed by atoms with Crippen molar-refractivity contribution in [2.75, 3.05) is 4.90 Å². The van der Waals surface area contributed by atoms with Crippen LogP contribution in [0.25, 0.3) is 5.76 Å². The molecule has 1 amide bonds. The number of nitrogens with zero attached hydrogens (tertiary/aromatic N) is 1. The minimum Gasteiger partial charge on any atom is -0.507 e. The molecule has 1 atom stereocenters. The average molecular weight is 529 g/mol. The number of carbonyl (C=O) groups is 2. The van der Waals surface area contributed by atoms with Gasteiger partial charge in [0.05, 0.1) is 21.7 Å². The lowest BCUT2D eigenvalue weighted by Gasteiger charge is -2.28. The van der Waals surface area contributed by atoms with E-state index in [-0.39, 0.29) is 27.3 Å². The first-order chi connectivity index (χ1) is 16.4. The molecular formula is C28H24Cl3NO3. The SMILES string of the molecule is Cc1c(Cl)cccc1N1C(=O)C(=O)/C(=C(/O)c2ccc(Cl)c(Cl)c2)C1c1ccc(C(C)(C)C)cc1. The molecule has 1 unspecified atom stereocenters. The molecule has 7 heteroatoms. The second-order valence-electron chi connectivity index (χ2n) is 9.55. The molecule has 4 rings (SSSR count). The second kappa shape index (κ2) is 9.34. The molecule has 3 aromatic rings. The summed E-state index contributed by atoms with van der Waals surface area (Å²) in [6.07, 6.45) is 0. The van der Waals surface area contributed by atoms with E-state index in [1.54, 1.807) is 31.2 Å². The number of Topliss-reactive ketones (excluding diaryl/α,β-unsaturated/α-hetero) is 1. The minimum atomic E-state index is -0.865. The maximum atomic E-state index is 13.4. The zero-order chi connectivity index (χ0) is 25.7. The topological polar surface area (TPSA) is 57.6 Å². The van der Waals surface area contributed by atoms with Gasteiger partial charge in [0.2, 0.25) is 0 Å². The molecule has 4 nitrogen and oxygen atoms in total. The number of halogens is 3. The van der Waals surface area contributed by atoms with Crippen LogP contribution in [0.5, 0.6) is 0 Å². The zero-order valence-electron chi connectivity index (χ0n) is 19.7. The molecule has 0 aliphatic carbocycles. The van der Waals surface area contributed by atoms with Gasteiger partial charge in [-0.15, -0.1) is 0 Å². The number of carbonyl (C=O) groups excluding carboxylic acids is 2. The summed E-state index contributed by atoms with van der Waals surface area (Å²) < 4.78 is 0. The number of hydrogen-bond acceptors (Lipinski definition) is 3. The number of aliphatic hydroxyl groups is 1.